The molecule has 0 saturated carbocycles. The lowest BCUT2D eigenvalue weighted by molar-refractivity contribution is -0.127. The second-order valence-electron chi connectivity index (χ2n) is 14.3. The van der Waals surface area contributed by atoms with Gasteiger partial charge in [-0.05, 0) is 74.4 Å². The summed E-state index contributed by atoms with van der Waals surface area (Å²) in [6.45, 7) is 8.24. The van der Waals surface area contributed by atoms with Gasteiger partial charge in [-0.2, -0.15) is 0 Å². The number of hydrogen-bond acceptors (Lipinski definition) is 8. The number of alkyl carbamates (subject to hydrolysis) is 1. The number of nitrogens with zero attached hydrogens (tertiary/aromatic N) is 1. The van der Waals surface area contributed by atoms with Crippen molar-refractivity contribution in [2.75, 3.05) is 37.7 Å². The summed E-state index contributed by atoms with van der Waals surface area (Å²) in [6, 6.07) is 23.6. The van der Waals surface area contributed by atoms with Crippen LogP contribution in [0, 0.1) is 5.92 Å². The molecule has 0 bridgehead atoms. The molecule has 0 spiro atoms. The fourth-order valence-corrected chi connectivity index (χ4v) is 7.69. The summed E-state index contributed by atoms with van der Waals surface area (Å²) in [7, 11) is -0.713. The normalized spacial score (nSPS) is 19.9. The second kappa shape index (κ2) is 17.4. The van der Waals surface area contributed by atoms with Gasteiger partial charge in [0.1, 0.15) is 18.0 Å². The van der Waals surface area contributed by atoms with Crippen LogP contribution in [-0.4, -0.2) is 92.9 Å². The lowest BCUT2D eigenvalue weighted by Gasteiger charge is -2.30. The SMILES string of the molecule is CC(C)(C)OC(=O)N[C@@H](Cc1ccccc1)[C@@H](O)C[C@H](Cc1ccc(OCCN2CCS(=O)CC2)cc1)C(=O)NC1c2ccccc2C[C@H]1O. The molecule has 5 atom stereocenters. The van der Waals surface area contributed by atoms with Gasteiger partial charge in [-0.25, -0.2) is 4.79 Å². The van der Waals surface area contributed by atoms with E-state index in [2.05, 4.69) is 15.5 Å². The van der Waals surface area contributed by atoms with Crippen molar-refractivity contribution in [1.29, 1.82) is 0 Å². The Labute approximate surface area is 298 Å². The number of aliphatic hydroxyl groups is 2. The van der Waals surface area contributed by atoms with Gasteiger partial charge in [0.2, 0.25) is 5.91 Å². The molecule has 3 aromatic carbocycles. The van der Waals surface area contributed by atoms with Crippen LogP contribution in [0.2, 0.25) is 0 Å². The fourth-order valence-electron chi connectivity index (χ4n) is 6.57. The maximum Gasteiger partial charge on any atom is 0.407 e. The topological polar surface area (TPSA) is 137 Å². The Morgan fingerprint density at radius 1 is 0.940 bits per heavy atom. The second-order valence-corrected chi connectivity index (χ2v) is 16.0. The minimum atomic E-state index is -1.09. The summed E-state index contributed by atoms with van der Waals surface area (Å²) in [6.07, 6.45) is -1.32. The molecule has 1 heterocycles. The van der Waals surface area contributed by atoms with E-state index in [1.54, 1.807) is 20.8 Å². The molecule has 1 fully saturated rings. The zero-order chi connectivity index (χ0) is 35.7. The summed E-state index contributed by atoms with van der Waals surface area (Å²) < 4.78 is 23.1. The van der Waals surface area contributed by atoms with E-state index < -0.39 is 52.7 Å². The first-order chi connectivity index (χ1) is 23.9. The number of rotatable bonds is 14. The van der Waals surface area contributed by atoms with Crippen molar-refractivity contribution >= 4 is 22.8 Å². The molecule has 5 rings (SSSR count). The molecule has 0 radical (unpaired) electrons. The lowest BCUT2D eigenvalue weighted by Crippen LogP contribution is -2.48. The van der Waals surface area contributed by atoms with Gasteiger partial charge in [0.25, 0.3) is 0 Å². The average molecular weight is 706 g/mol. The number of amides is 2. The van der Waals surface area contributed by atoms with E-state index in [1.807, 2.05) is 78.9 Å². The van der Waals surface area contributed by atoms with Crippen molar-refractivity contribution in [3.05, 3.63) is 101 Å². The smallest absolute Gasteiger partial charge is 0.407 e. The van der Waals surface area contributed by atoms with Gasteiger partial charge in [-0.1, -0.05) is 66.7 Å². The van der Waals surface area contributed by atoms with Crippen LogP contribution >= 0.6 is 0 Å². The Morgan fingerprint density at radius 3 is 2.30 bits per heavy atom. The third-order valence-corrected chi connectivity index (χ3v) is 10.5. The van der Waals surface area contributed by atoms with E-state index in [-0.39, 0.29) is 12.3 Å². The van der Waals surface area contributed by atoms with Gasteiger partial charge >= 0.3 is 6.09 Å². The minimum Gasteiger partial charge on any atom is -0.492 e. The molecule has 2 aliphatic rings. The molecule has 1 aliphatic heterocycles. The molecule has 2 amide bonds. The Bertz CT molecular complexity index is 1570. The standard InChI is InChI=1S/C39H51N3O7S/c1-39(2,3)49-38(46)40-33(24-27-9-5-4-6-10-27)34(43)26-30(37(45)41-36-32-12-8-7-11-29(32)25-35(36)44)23-28-13-15-31(16-14-28)48-20-17-42-18-21-50(47)22-19-42/h4-16,30,33-36,43-44H,17-26H2,1-3H3,(H,40,46)(H,41,45)/t30-,33-,34-,35+,36?/m0/s1. The number of ether oxygens (including phenoxy) is 2. The van der Waals surface area contributed by atoms with Crippen LogP contribution in [0.3, 0.4) is 0 Å². The van der Waals surface area contributed by atoms with Crippen LogP contribution in [0.5, 0.6) is 5.75 Å². The molecular formula is C39H51N3O7S. The summed E-state index contributed by atoms with van der Waals surface area (Å²) >= 11 is 0. The van der Waals surface area contributed by atoms with Crippen LogP contribution in [0.1, 0.15) is 55.5 Å². The van der Waals surface area contributed by atoms with Gasteiger partial charge in [0.05, 0.1) is 24.3 Å². The van der Waals surface area contributed by atoms with Crippen LogP contribution in [-0.2, 0) is 39.6 Å². The summed E-state index contributed by atoms with van der Waals surface area (Å²) in [5, 5.41) is 28.5. The Hall–Kier alpha value is -3.77. The molecule has 11 heteroatoms. The number of carbonyl (C=O) groups excluding carboxylic acids is 2. The fraction of sp³-hybridized carbons (Fsp3) is 0.487. The summed E-state index contributed by atoms with van der Waals surface area (Å²) in [4.78, 5) is 29.2. The first kappa shape index (κ1) is 37.5. The molecule has 1 saturated heterocycles. The maximum absolute atomic E-state index is 14.1. The zero-order valence-electron chi connectivity index (χ0n) is 29.3. The third-order valence-electron chi connectivity index (χ3n) is 9.22. The largest absolute Gasteiger partial charge is 0.492 e. The first-order valence-electron chi connectivity index (χ1n) is 17.5. The lowest BCUT2D eigenvalue weighted by atomic mass is 9.88. The highest BCUT2D eigenvalue weighted by Crippen LogP contribution is 2.32. The van der Waals surface area contributed by atoms with Gasteiger partial charge in [-0.3, -0.25) is 13.9 Å². The van der Waals surface area contributed by atoms with Crippen LogP contribution in [0.15, 0.2) is 78.9 Å². The van der Waals surface area contributed by atoms with Gasteiger partial charge in [-0.15, -0.1) is 0 Å². The molecule has 3 aromatic rings. The molecule has 1 aliphatic carbocycles. The van der Waals surface area contributed by atoms with Crippen molar-refractivity contribution in [2.24, 2.45) is 5.92 Å². The zero-order valence-corrected chi connectivity index (χ0v) is 30.1. The molecule has 10 nitrogen and oxygen atoms in total. The van der Waals surface area contributed by atoms with E-state index in [1.165, 1.54) is 0 Å². The van der Waals surface area contributed by atoms with Crippen molar-refractivity contribution in [3.8, 4) is 5.75 Å². The van der Waals surface area contributed by atoms with E-state index in [0.717, 1.165) is 41.9 Å². The van der Waals surface area contributed by atoms with E-state index in [9.17, 15) is 24.0 Å². The number of hydrogen-bond donors (Lipinski definition) is 4. The van der Waals surface area contributed by atoms with Crippen LogP contribution < -0.4 is 15.4 Å². The molecule has 1 unspecified atom stereocenters. The predicted octanol–water partition coefficient (Wildman–Crippen LogP) is 3.95. The Kier molecular flexibility index (Phi) is 13.1. The number of fused-ring (bicyclic) bond motifs is 1. The number of aliphatic hydroxyl groups excluding tert-OH is 2. The molecule has 50 heavy (non-hydrogen) atoms. The molecule has 0 aromatic heterocycles. The van der Waals surface area contributed by atoms with Gasteiger partial charge in [0, 0.05) is 54.3 Å². The average Bonchev–Trinajstić information content (AvgIpc) is 3.39. The maximum atomic E-state index is 14.1. The third kappa shape index (κ3) is 11.1. The highest BCUT2D eigenvalue weighted by Gasteiger charge is 2.35. The summed E-state index contributed by atoms with van der Waals surface area (Å²) in [5.74, 6) is 1.15. The van der Waals surface area contributed by atoms with Gasteiger partial charge < -0.3 is 30.3 Å². The number of carbonyl (C=O) groups is 2. The van der Waals surface area contributed by atoms with Crippen LogP contribution in [0.4, 0.5) is 4.79 Å². The predicted molar refractivity (Wildman–Crippen MR) is 194 cm³/mol. The van der Waals surface area contributed by atoms with Crippen molar-refractivity contribution in [3.63, 3.8) is 0 Å². The Balaban J connectivity index is 1.30. The van der Waals surface area contributed by atoms with Gasteiger partial charge in [0.15, 0.2) is 0 Å². The molecular weight excluding hydrogens is 655 g/mol. The first-order valence-corrected chi connectivity index (χ1v) is 19.0. The van der Waals surface area contributed by atoms with E-state index >= 15 is 0 Å². The quantitative estimate of drug-likeness (QED) is 0.198. The van der Waals surface area contributed by atoms with Crippen molar-refractivity contribution in [1.82, 2.24) is 15.5 Å². The van der Waals surface area contributed by atoms with E-state index in [0.29, 0.717) is 43.1 Å². The van der Waals surface area contributed by atoms with Crippen molar-refractivity contribution < 1.29 is 33.5 Å². The highest BCUT2D eigenvalue weighted by atomic mass is 32.2. The molecule has 270 valence electrons. The van der Waals surface area contributed by atoms with Crippen LogP contribution in [0.25, 0.3) is 0 Å². The minimum absolute atomic E-state index is 0.0580. The summed E-state index contributed by atoms with van der Waals surface area (Å²) in [5.41, 5.74) is 2.97. The van der Waals surface area contributed by atoms with E-state index in [4.69, 9.17) is 9.47 Å². The molecule has 4 N–H and O–H groups in total. The number of benzene rings is 3. The monoisotopic (exact) mass is 705 g/mol. The highest BCUT2D eigenvalue weighted by molar-refractivity contribution is 7.85. The van der Waals surface area contributed by atoms with Crippen molar-refractivity contribution in [2.45, 2.75) is 76.3 Å². The Morgan fingerprint density at radius 2 is 1.60 bits per heavy atom. The number of nitrogens with one attached hydrogen (secondary N) is 2.